The van der Waals surface area contributed by atoms with Gasteiger partial charge in [0.25, 0.3) is 5.91 Å². The number of rotatable bonds is 3. The topological polar surface area (TPSA) is 84.3 Å². The first-order chi connectivity index (χ1) is 10.6. The van der Waals surface area contributed by atoms with Crippen molar-refractivity contribution in [2.24, 2.45) is 5.41 Å². The Morgan fingerprint density at radius 1 is 1.45 bits per heavy atom. The SMILES string of the molecule is CCc1cc(C(=O)N[C@@H]2C[C@@H](O)C23CCOCC3)c(C)nn1. The molecule has 1 saturated carbocycles. The average Bonchev–Trinajstić information content (AvgIpc) is 2.55. The van der Waals surface area contributed by atoms with Gasteiger partial charge in [0.15, 0.2) is 0 Å². The first-order valence-electron chi connectivity index (χ1n) is 7.96. The van der Waals surface area contributed by atoms with Gasteiger partial charge in [-0.1, -0.05) is 6.92 Å². The predicted octanol–water partition coefficient (Wildman–Crippen LogP) is 1.01. The minimum atomic E-state index is -0.343. The van der Waals surface area contributed by atoms with Crippen molar-refractivity contribution in [3.63, 3.8) is 0 Å². The summed E-state index contributed by atoms with van der Waals surface area (Å²) in [7, 11) is 0. The summed E-state index contributed by atoms with van der Waals surface area (Å²) in [6.07, 6.45) is 2.62. The Kier molecular flexibility index (Phi) is 4.14. The molecule has 0 radical (unpaired) electrons. The Morgan fingerprint density at radius 2 is 2.18 bits per heavy atom. The van der Waals surface area contributed by atoms with Crippen molar-refractivity contribution in [1.29, 1.82) is 0 Å². The summed E-state index contributed by atoms with van der Waals surface area (Å²) in [4.78, 5) is 12.6. The number of hydrogen-bond acceptors (Lipinski definition) is 5. The smallest absolute Gasteiger partial charge is 0.253 e. The first kappa shape index (κ1) is 15.4. The molecule has 1 saturated heterocycles. The Labute approximate surface area is 130 Å². The van der Waals surface area contributed by atoms with Crippen LogP contribution in [0.3, 0.4) is 0 Å². The van der Waals surface area contributed by atoms with Crippen molar-refractivity contribution in [1.82, 2.24) is 15.5 Å². The van der Waals surface area contributed by atoms with E-state index in [0.29, 0.717) is 30.9 Å². The second-order valence-electron chi connectivity index (χ2n) is 6.31. The molecule has 1 spiro atoms. The fraction of sp³-hybridized carbons (Fsp3) is 0.688. The van der Waals surface area contributed by atoms with E-state index >= 15 is 0 Å². The van der Waals surface area contributed by atoms with Crippen LogP contribution in [-0.4, -0.2) is 46.6 Å². The maximum Gasteiger partial charge on any atom is 0.253 e. The van der Waals surface area contributed by atoms with Gasteiger partial charge in [0.05, 0.1) is 23.1 Å². The molecule has 120 valence electrons. The van der Waals surface area contributed by atoms with Crippen LogP contribution in [0.1, 0.15) is 47.9 Å². The summed E-state index contributed by atoms with van der Waals surface area (Å²) in [5, 5.41) is 21.4. The lowest BCUT2D eigenvalue weighted by atomic mass is 9.58. The third kappa shape index (κ3) is 2.50. The van der Waals surface area contributed by atoms with Gasteiger partial charge in [0, 0.05) is 24.7 Å². The molecule has 2 aliphatic rings. The van der Waals surface area contributed by atoms with E-state index in [1.54, 1.807) is 6.92 Å². The molecule has 0 aromatic carbocycles. The van der Waals surface area contributed by atoms with Gasteiger partial charge in [0.2, 0.25) is 0 Å². The number of aliphatic hydroxyl groups is 1. The fourth-order valence-corrected chi connectivity index (χ4v) is 3.53. The number of aryl methyl sites for hydroxylation is 2. The summed E-state index contributed by atoms with van der Waals surface area (Å²) < 4.78 is 5.39. The standard InChI is InChI=1S/C16H23N3O3/c1-3-11-8-12(10(2)18-19-11)15(21)17-13-9-14(20)16(13)4-6-22-7-5-16/h8,13-14,20H,3-7,9H2,1-2H3,(H,17,21)/t13-,14-/m1/s1. The fourth-order valence-electron chi connectivity index (χ4n) is 3.53. The van der Waals surface area contributed by atoms with Crippen LogP contribution in [0, 0.1) is 12.3 Å². The highest BCUT2D eigenvalue weighted by atomic mass is 16.5. The van der Waals surface area contributed by atoms with Crippen molar-refractivity contribution >= 4 is 5.91 Å². The van der Waals surface area contributed by atoms with Gasteiger partial charge < -0.3 is 15.2 Å². The summed E-state index contributed by atoms with van der Waals surface area (Å²) in [6.45, 7) is 5.08. The lowest BCUT2D eigenvalue weighted by molar-refractivity contribution is -0.145. The lowest BCUT2D eigenvalue weighted by Gasteiger charge is -2.55. The number of ether oxygens (including phenoxy) is 1. The molecule has 2 N–H and O–H groups in total. The molecule has 6 nitrogen and oxygen atoms in total. The van der Waals surface area contributed by atoms with Crippen molar-refractivity contribution in [2.75, 3.05) is 13.2 Å². The van der Waals surface area contributed by atoms with Crippen LogP contribution in [0.5, 0.6) is 0 Å². The van der Waals surface area contributed by atoms with E-state index in [-0.39, 0.29) is 23.5 Å². The van der Waals surface area contributed by atoms with Crippen molar-refractivity contribution < 1.29 is 14.6 Å². The van der Waals surface area contributed by atoms with E-state index < -0.39 is 0 Å². The minimum Gasteiger partial charge on any atom is -0.392 e. The normalized spacial score (nSPS) is 26.5. The first-order valence-corrected chi connectivity index (χ1v) is 7.96. The average molecular weight is 305 g/mol. The molecule has 6 heteroatoms. The maximum absolute atomic E-state index is 12.6. The van der Waals surface area contributed by atoms with Gasteiger partial charge in [-0.3, -0.25) is 4.79 Å². The Hall–Kier alpha value is -1.53. The summed E-state index contributed by atoms with van der Waals surface area (Å²) >= 11 is 0. The number of aromatic nitrogens is 2. The van der Waals surface area contributed by atoms with Gasteiger partial charge in [-0.25, -0.2) is 0 Å². The molecular formula is C16H23N3O3. The molecule has 2 atom stereocenters. The van der Waals surface area contributed by atoms with E-state index in [0.717, 1.165) is 25.0 Å². The molecule has 0 bridgehead atoms. The van der Waals surface area contributed by atoms with Crippen LogP contribution in [-0.2, 0) is 11.2 Å². The Bertz CT molecular complexity index is 570. The predicted molar refractivity (Wildman–Crippen MR) is 80.5 cm³/mol. The van der Waals surface area contributed by atoms with Gasteiger partial charge in [-0.05, 0) is 38.7 Å². The lowest BCUT2D eigenvalue weighted by Crippen LogP contribution is -2.65. The summed E-state index contributed by atoms with van der Waals surface area (Å²) in [6, 6.07) is 1.82. The molecule has 1 aliphatic carbocycles. The van der Waals surface area contributed by atoms with Crippen LogP contribution in [0.25, 0.3) is 0 Å². The van der Waals surface area contributed by atoms with Crippen molar-refractivity contribution in [2.45, 2.75) is 51.7 Å². The van der Waals surface area contributed by atoms with Crippen molar-refractivity contribution in [3.8, 4) is 0 Å². The number of amides is 1. The molecule has 2 heterocycles. The maximum atomic E-state index is 12.6. The van der Waals surface area contributed by atoms with Crippen LogP contribution in [0.15, 0.2) is 6.07 Å². The van der Waals surface area contributed by atoms with E-state index in [2.05, 4.69) is 15.5 Å². The molecule has 0 unspecified atom stereocenters. The molecule has 22 heavy (non-hydrogen) atoms. The zero-order valence-electron chi connectivity index (χ0n) is 13.1. The molecule has 2 fully saturated rings. The number of carbonyl (C=O) groups is 1. The highest BCUT2D eigenvalue weighted by Crippen LogP contribution is 2.49. The molecule has 1 amide bonds. The minimum absolute atomic E-state index is 0.0107. The Morgan fingerprint density at radius 3 is 2.82 bits per heavy atom. The number of carbonyl (C=O) groups excluding carboxylic acids is 1. The molecule has 1 aliphatic heterocycles. The van der Waals surface area contributed by atoms with Gasteiger partial charge >= 0.3 is 0 Å². The number of nitrogens with one attached hydrogen (secondary N) is 1. The molecule has 1 aromatic rings. The van der Waals surface area contributed by atoms with E-state index in [4.69, 9.17) is 4.74 Å². The largest absolute Gasteiger partial charge is 0.392 e. The van der Waals surface area contributed by atoms with E-state index in [1.807, 2.05) is 13.0 Å². The Balaban J connectivity index is 1.74. The van der Waals surface area contributed by atoms with Gasteiger partial charge in [-0.2, -0.15) is 10.2 Å². The summed E-state index contributed by atoms with van der Waals surface area (Å²) in [5.41, 5.74) is 1.81. The van der Waals surface area contributed by atoms with Crippen molar-refractivity contribution in [3.05, 3.63) is 23.0 Å². The zero-order valence-corrected chi connectivity index (χ0v) is 13.1. The van der Waals surface area contributed by atoms with Gasteiger partial charge in [0.1, 0.15) is 0 Å². The highest BCUT2D eigenvalue weighted by Gasteiger charge is 2.55. The highest BCUT2D eigenvalue weighted by molar-refractivity contribution is 5.95. The number of nitrogens with zero attached hydrogens (tertiary/aromatic N) is 2. The summed E-state index contributed by atoms with van der Waals surface area (Å²) in [5.74, 6) is -0.120. The molecular weight excluding hydrogens is 282 g/mol. The van der Waals surface area contributed by atoms with E-state index in [1.165, 1.54) is 0 Å². The second-order valence-corrected chi connectivity index (χ2v) is 6.31. The van der Waals surface area contributed by atoms with Crippen LogP contribution in [0.4, 0.5) is 0 Å². The quantitative estimate of drug-likeness (QED) is 0.870. The third-order valence-electron chi connectivity index (χ3n) is 5.18. The van der Waals surface area contributed by atoms with Crippen LogP contribution >= 0.6 is 0 Å². The molecule has 3 rings (SSSR count). The van der Waals surface area contributed by atoms with Crippen LogP contribution < -0.4 is 5.32 Å². The van der Waals surface area contributed by atoms with Gasteiger partial charge in [-0.15, -0.1) is 0 Å². The monoisotopic (exact) mass is 305 g/mol. The second kappa shape index (κ2) is 5.93. The van der Waals surface area contributed by atoms with Crippen LogP contribution in [0.2, 0.25) is 0 Å². The zero-order chi connectivity index (χ0) is 15.7. The number of hydrogen-bond donors (Lipinski definition) is 2. The van der Waals surface area contributed by atoms with E-state index in [9.17, 15) is 9.90 Å². The number of aliphatic hydroxyl groups excluding tert-OH is 1. The third-order valence-corrected chi connectivity index (χ3v) is 5.18. The molecule has 1 aromatic heterocycles.